The highest BCUT2D eigenvalue weighted by Crippen LogP contribution is 2.33. The number of halogens is 2. The third kappa shape index (κ3) is 3.55. The van der Waals surface area contributed by atoms with E-state index >= 15 is 0 Å². The van der Waals surface area contributed by atoms with E-state index in [1.807, 2.05) is 0 Å². The van der Waals surface area contributed by atoms with E-state index in [1.54, 1.807) is 24.3 Å². The van der Waals surface area contributed by atoms with E-state index in [9.17, 15) is 14.0 Å². The van der Waals surface area contributed by atoms with Gasteiger partial charge in [0.15, 0.2) is 5.82 Å². The second-order valence-electron chi connectivity index (χ2n) is 6.04. The minimum atomic E-state index is -0.694. The number of hydrogen-bond acceptors (Lipinski definition) is 6. The first kappa shape index (κ1) is 18.6. The van der Waals surface area contributed by atoms with E-state index in [2.05, 4.69) is 25.1 Å². The fourth-order valence-electron chi connectivity index (χ4n) is 2.83. The Morgan fingerprint density at radius 1 is 1.17 bits per heavy atom. The first-order valence-corrected chi connectivity index (χ1v) is 8.70. The predicted octanol–water partition coefficient (Wildman–Crippen LogP) is 4.04. The van der Waals surface area contributed by atoms with Crippen molar-refractivity contribution in [3.63, 3.8) is 0 Å². The maximum Gasteiger partial charge on any atom is 0.439 e. The van der Waals surface area contributed by atoms with E-state index < -0.39 is 17.5 Å². The number of aryl methyl sites for hydroxylation is 1. The van der Waals surface area contributed by atoms with Crippen molar-refractivity contribution in [1.29, 1.82) is 0 Å². The first-order chi connectivity index (χ1) is 13.9. The van der Waals surface area contributed by atoms with Crippen molar-refractivity contribution in [3.8, 4) is 22.6 Å². The van der Waals surface area contributed by atoms with Gasteiger partial charge in [0.2, 0.25) is 0 Å². The number of amides is 1. The number of nitrogens with zero attached hydrogens (tertiary/aromatic N) is 2. The summed E-state index contributed by atoms with van der Waals surface area (Å²) in [6.45, 7) is 1.54. The first-order valence-electron chi connectivity index (χ1n) is 8.32. The zero-order chi connectivity index (χ0) is 20.5. The number of rotatable bonds is 4. The van der Waals surface area contributed by atoms with Crippen LogP contribution in [0.25, 0.3) is 22.6 Å². The highest BCUT2D eigenvalue weighted by atomic mass is 35.5. The van der Waals surface area contributed by atoms with Crippen LogP contribution in [0, 0.1) is 12.7 Å². The van der Waals surface area contributed by atoms with E-state index in [-0.39, 0.29) is 33.4 Å². The topological polar surface area (TPSA) is 114 Å². The third-order valence-corrected chi connectivity index (χ3v) is 4.44. The predicted molar refractivity (Wildman–Crippen MR) is 102 cm³/mol. The summed E-state index contributed by atoms with van der Waals surface area (Å²) in [5.41, 5.74) is 0.956. The van der Waals surface area contributed by atoms with Gasteiger partial charge >= 0.3 is 5.76 Å². The summed E-state index contributed by atoms with van der Waals surface area (Å²) in [7, 11) is 0. The second-order valence-corrected chi connectivity index (χ2v) is 6.44. The molecule has 0 aliphatic heterocycles. The van der Waals surface area contributed by atoms with Crippen LogP contribution in [0.4, 0.5) is 10.1 Å². The molecule has 10 heteroatoms. The monoisotopic (exact) mass is 414 g/mol. The molecule has 4 aromatic rings. The molecular weight excluding hydrogens is 403 g/mol. The highest BCUT2D eigenvalue weighted by Gasteiger charge is 2.25. The third-order valence-electron chi connectivity index (χ3n) is 4.12. The average Bonchev–Trinajstić information content (AvgIpc) is 3.28. The Balaban J connectivity index is 1.69. The molecule has 0 saturated carbocycles. The molecular formula is C19H12ClFN4O4. The normalized spacial score (nSPS) is 10.9. The lowest BCUT2D eigenvalue weighted by atomic mass is 10.0. The molecule has 8 nitrogen and oxygen atoms in total. The largest absolute Gasteiger partial charge is 0.439 e. The van der Waals surface area contributed by atoms with Crippen LogP contribution in [0.5, 0.6) is 0 Å². The molecule has 146 valence electrons. The summed E-state index contributed by atoms with van der Waals surface area (Å²) in [4.78, 5) is 26.5. The standard InChI is InChI=1S/C19H12ClFN4O4/c1-9-14(16(24-28-9)15-12(20)6-3-7-13(15)21)18(26)22-11-5-2-4-10(8-11)17-23-19(27)29-25-17/h2-8H,1H3,(H,22,26)(H,23,25,27). The molecule has 0 atom stereocenters. The lowest BCUT2D eigenvalue weighted by Gasteiger charge is -2.08. The van der Waals surface area contributed by atoms with Gasteiger partial charge in [-0.25, -0.2) is 9.18 Å². The lowest BCUT2D eigenvalue weighted by molar-refractivity contribution is 0.102. The van der Waals surface area contributed by atoms with Crippen molar-refractivity contribution in [1.82, 2.24) is 15.3 Å². The van der Waals surface area contributed by atoms with Crippen molar-refractivity contribution in [3.05, 3.63) is 75.2 Å². The molecule has 0 bridgehead atoms. The van der Waals surface area contributed by atoms with E-state index in [4.69, 9.17) is 16.1 Å². The van der Waals surface area contributed by atoms with Crippen molar-refractivity contribution >= 4 is 23.2 Å². The molecule has 0 aliphatic rings. The SMILES string of the molecule is Cc1onc(-c2c(F)cccc2Cl)c1C(=O)Nc1cccc(-c2noc(=O)[nH]2)c1. The summed E-state index contributed by atoms with van der Waals surface area (Å²) in [5.74, 6) is -1.47. The lowest BCUT2D eigenvalue weighted by Crippen LogP contribution is -2.14. The van der Waals surface area contributed by atoms with Crippen molar-refractivity contribution in [2.75, 3.05) is 5.32 Å². The number of carbonyl (C=O) groups is 1. The average molecular weight is 415 g/mol. The molecule has 2 N–H and O–H groups in total. The van der Waals surface area contributed by atoms with Crippen LogP contribution < -0.4 is 11.1 Å². The Kier molecular flexibility index (Phi) is 4.73. The molecule has 4 rings (SSSR count). The molecule has 2 heterocycles. The number of nitrogens with one attached hydrogen (secondary N) is 2. The Morgan fingerprint density at radius 3 is 2.69 bits per heavy atom. The van der Waals surface area contributed by atoms with Crippen molar-refractivity contribution in [2.24, 2.45) is 0 Å². The van der Waals surface area contributed by atoms with Crippen LogP contribution in [0.15, 0.2) is 56.3 Å². The number of aromatic nitrogens is 3. The zero-order valence-corrected chi connectivity index (χ0v) is 15.6. The van der Waals surface area contributed by atoms with Gasteiger partial charge in [0.05, 0.1) is 10.6 Å². The molecule has 2 aromatic carbocycles. The fourth-order valence-corrected chi connectivity index (χ4v) is 3.08. The van der Waals surface area contributed by atoms with E-state index in [1.165, 1.54) is 25.1 Å². The highest BCUT2D eigenvalue weighted by molar-refractivity contribution is 6.33. The smallest absolute Gasteiger partial charge is 0.360 e. The summed E-state index contributed by atoms with van der Waals surface area (Å²) in [5, 5.41) is 10.2. The van der Waals surface area contributed by atoms with Crippen LogP contribution in [0.3, 0.4) is 0 Å². The number of anilines is 1. The molecule has 0 radical (unpaired) electrons. The molecule has 2 aromatic heterocycles. The van der Waals surface area contributed by atoms with Crippen molar-refractivity contribution in [2.45, 2.75) is 6.92 Å². The number of H-pyrrole nitrogens is 1. The number of hydrogen-bond donors (Lipinski definition) is 2. The summed E-state index contributed by atoms with van der Waals surface area (Å²) in [6.07, 6.45) is 0. The van der Waals surface area contributed by atoms with E-state index in [0.717, 1.165) is 0 Å². The molecule has 0 spiro atoms. The van der Waals surface area contributed by atoms with Gasteiger partial charge in [-0.15, -0.1) is 0 Å². The molecule has 29 heavy (non-hydrogen) atoms. The molecule has 1 amide bonds. The van der Waals surface area contributed by atoms with Gasteiger partial charge in [-0.05, 0) is 31.2 Å². The van der Waals surface area contributed by atoms with Crippen LogP contribution in [-0.2, 0) is 0 Å². The van der Waals surface area contributed by atoms with Gasteiger partial charge in [0.1, 0.15) is 22.8 Å². The molecule has 0 fully saturated rings. The summed E-state index contributed by atoms with van der Waals surface area (Å²) >= 11 is 6.10. The van der Waals surface area contributed by atoms with E-state index in [0.29, 0.717) is 11.3 Å². The quantitative estimate of drug-likeness (QED) is 0.521. The van der Waals surface area contributed by atoms with Crippen LogP contribution in [0.1, 0.15) is 16.1 Å². The maximum absolute atomic E-state index is 14.3. The summed E-state index contributed by atoms with van der Waals surface area (Å²) in [6, 6.07) is 10.7. The van der Waals surface area contributed by atoms with Gasteiger partial charge in [-0.3, -0.25) is 14.3 Å². The maximum atomic E-state index is 14.3. The van der Waals surface area contributed by atoms with Gasteiger partial charge < -0.3 is 9.84 Å². The van der Waals surface area contributed by atoms with Gasteiger partial charge in [0, 0.05) is 11.3 Å². The minimum Gasteiger partial charge on any atom is -0.360 e. The van der Waals surface area contributed by atoms with Gasteiger partial charge in [-0.1, -0.05) is 40.1 Å². The molecule has 0 aliphatic carbocycles. The van der Waals surface area contributed by atoms with Crippen LogP contribution in [0.2, 0.25) is 5.02 Å². The number of aromatic amines is 1. The zero-order valence-electron chi connectivity index (χ0n) is 14.8. The van der Waals surface area contributed by atoms with Gasteiger partial charge in [-0.2, -0.15) is 0 Å². The Bertz CT molecular complexity index is 1260. The van der Waals surface area contributed by atoms with Crippen molar-refractivity contribution < 1.29 is 18.2 Å². The van der Waals surface area contributed by atoms with Crippen LogP contribution >= 0.6 is 11.6 Å². The fraction of sp³-hybridized carbons (Fsp3) is 0.0526. The molecule has 0 saturated heterocycles. The number of carbonyl (C=O) groups excluding carboxylic acids is 1. The van der Waals surface area contributed by atoms with Gasteiger partial charge in [0.25, 0.3) is 5.91 Å². The minimum absolute atomic E-state index is 0.0000795. The second kappa shape index (κ2) is 7.36. The number of benzene rings is 2. The Labute approximate surface area is 167 Å². The Hall–Kier alpha value is -3.72. The molecule has 0 unspecified atom stereocenters. The Morgan fingerprint density at radius 2 is 1.97 bits per heavy atom. The van der Waals surface area contributed by atoms with Crippen LogP contribution in [-0.4, -0.2) is 21.2 Å². The summed E-state index contributed by atoms with van der Waals surface area (Å²) < 4.78 is 23.9.